The molecule has 0 atom stereocenters. The van der Waals surface area contributed by atoms with Gasteiger partial charge in [-0.2, -0.15) is 5.10 Å². The molecule has 1 aromatic heterocycles. The molecule has 0 saturated heterocycles. The standard InChI is InChI=1S/C20H14Cl2FN3O2/c21-15-6-7-19(28-12-16-17(22)4-1-5-18(16)23)14(9-15)11-25-26-20(27)13-3-2-8-24-10-13/h1-11H,12H2,(H,26,27)/b25-11-. The topological polar surface area (TPSA) is 63.6 Å². The van der Waals surface area contributed by atoms with Crippen molar-refractivity contribution in [2.45, 2.75) is 6.61 Å². The summed E-state index contributed by atoms with van der Waals surface area (Å²) in [5.74, 6) is -0.463. The first kappa shape index (κ1) is 19.8. The third-order valence-corrected chi connectivity index (χ3v) is 4.29. The zero-order chi connectivity index (χ0) is 19.9. The normalized spacial score (nSPS) is 10.8. The fraction of sp³-hybridized carbons (Fsp3) is 0.0500. The largest absolute Gasteiger partial charge is 0.488 e. The Morgan fingerprint density at radius 2 is 2.07 bits per heavy atom. The number of hydrazone groups is 1. The van der Waals surface area contributed by atoms with E-state index in [1.165, 1.54) is 24.5 Å². The Hall–Kier alpha value is -2.96. The first-order valence-corrected chi connectivity index (χ1v) is 8.89. The number of nitrogens with zero attached hydrogens (tertiary/aromatic N) is 2. The quantitative estimate of drug-likeness (QED) is 0.459. The number of rotatable bonds is 6. The summed E-state index contributed by atoms with van der Waals surface area (Å²) >= 11 is 12.0. The molecule has 0 bridgehead atoms. The van der Waals surface area contributed by atoms with Gasteiger partial charge in [-0.25, -0.2) is 9.82 Å². The van der Waals surface area contributed by atoms with E-state index in [4.69, 9.17) is 27.9 Å². The molecule has 0 aliphatic heterocycles. The lowest BCUT2D eigenvalue weighted by Crippen LogP contribution is -2.17. The lowest BCUT2D eigenvalue weighted by molar-refractivity contribution is 0.0954. The van der Waals surface area contributed by atoms with E-state index in [0.717, 1.165) is 0 Å². The van der Waals surface area contributed by atoms with Crippen LogP contribution in [0.5, 0.6) is 5.75 Å². The summed E-state index contributed by atoms with van der Waals surface area (Å²) < 4.78 is 19.6. The summed E-state index contributed by atoms with van der Waals surface area (Å²) in [6.45, 7) is -0.0734. The molecule has 1 N–H and O–H groups in total. The minimum absolute atomic E-state index is 0.0734. The van der Waals surface area contributed by atoms with Crippen molar-refractivity contribution < 1.29 is 13.9 Å². The summed E-state index contributed by atoms with van der Waals surface area (Å²) in [5.41, 5.74) is 3.52. The molecule has 0 spiro atoms. The fourth-order valence-corrected chi connectivity index (χ4v) is 2.69. The first-order chi connectivity index (χ1) is 13.5. The molecule has 0 aliphatic rings. The second kappa shape index (κ2) is 9.30. The van der Waals surface area contributed by atoms with Crippen LogP contribution in [0.3, 0.4) is 0 Å². The number of benzene rings is 2. The van der Waals surface area contributed by atoms with Crippen molar-refractivity contribution in [1.82, 2.24) is 10.4 Å². The van der Waals surface area contributed by atoms with E-state index in [1.54, 1.807) is 42.6 Å². The van der Waals surface area contributed by atoms with E-state index in [1.807, 2.05) is 0 Å². The van der Waals surface area contributed by atoms with Gasteiger partial charge in [0.15, 0.2) is 0 Å². The van der Waals surface area contributed by atoms with Gasteiger partial charge in [-0.3, -0.25) is 9.78 Å². The highest BCUT2D eigenvalue weighted by Crippen LogP contribution is 2.25. The lowest BCUT2D eigenvalue weighted by atomic mass is 10.2. The molecule has 1 amide bonds. The van der Waals surface area contributed by atoms with Crippen molar-refractivity contribution in [3.63, 3.8) is 0 Å². The van der Waals surface area contributed by atoms with Crippen LogP contribution in [0.2, 0.25) is 10.0 Å². The molecule has 0 radical (unpaired) electrons. The Labute approximate surface area is 170 Å². The average molecular weight is 418 g/mol. The number of carbonyl (C=O) groups excluding carboxylic acids is 1. The third kappa shape index (κ3) is 5.06. The van der Waals surface area contributed by atoms with Crippen LogP contribution in [0.15, 0.2) is 66.0 Å². The molecule has 142 valence electrons. The van der Waals surface area contributed by atoms with Gasteiger partial charge in [0.05, 0.1) is 16.8 Å². The zero-order valence-electron chi connectivity index (χ0n) is 14.4. The number of aromatic nitrogens is 1. The van der Waals surface area contributed by atoms with Crippen molar-refractivity contribution >= 4 is 35.3 Å². The van der Waals surface area contributed by atoms with Gasteiger partial charge in [-0.1, -0.05) is 29.3 Å². The maximum absolute atomic E-state index is 13.9. The smallest absolute Gasteiger partial charge is 0.272 e. The second-order valence-electron chi connectivity index (χ2n) is 5.61. The summed E-state index contributed by atoms with van der Waals surface area (Å²) in [6.07, 6.45) is 4.38. The molecular formula is C20H14Cl2FN3O2. The molecule has 0 saturated carbocycles. The van der Waals surface area contributed by atoms with Gasteiger partial charge in [-0.15, -0.1) is 0 Å². The highest BCUT2D eigenvalue weighted by Gasteiger charge is 2.10. The molecule has 2 aromatic carbocycles. The van der Waals surface area contributed by atoms with Gasteiger partial charge in [0, 0.05) is 28.5 Å². The molecule has 0 fully saturated rings. The molecule has 0 unspecified atom stereocenters. The molecule has 5 nitrogen and oxygen atoms in total. The van der Waals surface area contributed by atoms with Crippen molar-refractivity contribution in [2.24, 2.45) is 5.10 Å². The summed E-state index contributed by atoms with van der Waals surface area (Å²) in [5, 5.41) is 4.64. The first-order valence-electron chi connectivity index (χ1n) is 8.13. The van der Waals surface area contributed by atoms with E-state index < -0.39 is 11.7 Å². The Bertz CT molecular complexity index is 993. The minimum atomic E-state index is -0.458. The number of pyridine rings is 1. The van der Waals surface area contributed by atoms with Crippen LogP contribution >= 0.6 is 23.2 Å². The highest BCUT2D eigenvalue weighted by atomic mass is 35.5. The lowest BCUT2D eigenvalue weighted by Gasteiger charge is -2.11. The molecule has 3 rings (SSSR count). The van der Waals surface area contributed by atoms with Crippen LogP contribution in [-0.2, 0) is 6.61 Å². The number of ether oxygens (including phenoxy) is 1. The van der Waals surface area contributed by atoms with Crippen molar-refractivity contribution in [1.29, 1.82) is 0 Å². The predicted molar refractivity (Wildman–Crippen MR) is 106 cm³/mol. The van der Waals surface area contributed by atoms with Gasteiger partial charge in [0.1, 0.15) is 18.2 Å². The SMILES string of the molecule is O=C(N/N=C\c1cc(Cl)ccc1OCc1c(F)cccc1Cl)c1cccnc1. The monoisotopic (exact) mass is 417 g/mol. The van der Waals surface area contributed by atoms with Crippen molar-refractivity contribution in [2.75, 3.05) is 0 Å². The Morgan fingerprint density at radius 3 is 2.82 bits per heavy atom. The number of nitrogens with one attached hydrogen (secondary N) is 1. The third-order valence-electron chi connectivity index (χ3n) is 3.70. The Kier molecular flexibility index (Phi) is 6.57. The number of hydrogen-bond donors (Lipinski definition) is 1. The number of carbonyl (C=O) groups is 1. The average Bonchev–Trinajstić information content (AvgIpc) is 2.69. The van der Waals surface area contributed by atoms with Gasteiger partial charge < -0.3 is 4.74 Å². The van der Waals surface area contributed by atoms with Crippen LogP contribution in [0, 0.1) is 5.82 Å². The Balaban J connectivity index is 1.73. The highest BCUT2D eigenvalue weighted by molar-refractivity contribution is 6.31. The maximum Gasteiger partial charge on any atom is 0.272 e. The van der Waals surface area contributed by atoms with Gasteiger partial charge >= 0.3 is 0 Å². The predicted octanol–water partition coefficient (Wildman–Crippen LogP) is 4.87. The van der Waals surface area contributed by atoms with E-state index in [-0.39, 0.29) is 17.2 Å². The number of amides is 1. The van der Waals surface area contributed by atoms with Crippen LogP contribution in [0.1, 0.15) is 21.5 Å². The molecule has 28 heavy (non-hydrogen) atoms. The van der Waals surface area contributed by atoms with Gasteiger partial charge in [0.2, 0.25) is 0 Å². The van der Waals surface area contributed by atoms with Crippen molar-refractivity contribution in [3.05, 3.63) is 93.5 Å². The molecule has 1 heterocycles. The fourth-order valence-electron chi connectivity index (χ4n) is 2.29. The molecule has 3 aromatic rings. The van der Waals surface area contributed by atoms with Crippen LogP contribution in [0.4, 0.5) is 4.39 Å². The summed E-state index contributed by atoms with van der Waals surface area (Å²) in [6, 6.07) is 12.5. The second-order valence-corrected chi connectivity index (χ2v) is 6.46. The minimum Gasteiger partial charge on any atom is -0.488 e. The summed E-state index contributed by atoms with van der Waals surface area (Å²) in [4.78, 5) is 15.9. The summed E-state index contributed by atoms with van der Waals surface area (Å²) in [7, 11) is 0. The van der Waals surface area contributed by atoms with E-state index in [9.17, 15) is 9.18 Å². The Morgan fingerprint density at radius 1 is 1.21 bits per heavy atom. The molecule has 0 aliphatic carbocycles. The number of hydrogen-bond acceptors (Lipinski definition) is 4. The van der Waals surface area contributed by atoms with E-state index >= 15 is 0 Å². The van der Waals surface area contributed by atoms with Gasteiger partial charge in [-0.05, 0) is 42.5 Å². The van der Waals surface area contributed by atoms with Crippen LogP contribution in [0.25, 0.3) is 0 Å². The maximum atomic E-state index is 13.9. The number of halogens is 3. The van der Waals surface area contributed by atoms with Crippen molar-refractivity contribution in [3.8, 4) is 5.75 Å². The van der Waals surface area contributed by atoms with Crippen LogP contribution < -0.4 is 10.2 Å². The van der Waals surface area contributed by atoms with Crippen LogP contribution in [-0.4, -0.2) is 17.1 Å². The van der Waals surface area contributed by atoms with Gasteiger partial charge in [0.25, 0.3) is 5.91 Å². The van der Waals surface area contributed by atoms with E-state index in [2.05, 4.69) is 15.5 Å². The molecular weight excluding hydrogens is 404 g/mol. The van der Waals surface area contributed by atoms with E-state index in [0.29, 0.717) is 21.9 Å². The molecule has 8 heteroatoms. The zero-order valence-corrected chi connectivity index (χ0v) is 15.9.